The molecule has 2 nitrogen and oxygen atoms in total. The molecule has 0 saturated heterocycles. The van der Waals surface area contributed by atoms with Gasteiger partial charge in [-0.15, -0.1) is 0 Å². The summed E-state index contributed by atoms with van der Waals surface area (Å²) >= 11 is 0. The fourth-order valence-corrected chi connectivity index (χ4v) is 8.51. The van der Waals surface area contributed by atoms with E-state index in [1.165, 1.54) is 50.7 Å². The molecule has 8 aromatic carbocycles. The van der Waals surface area contributed by atoms with Crippen LogP contribution in [0, 0.1) is 5.82 Å². The first-order valence-corrected chi connectivity index (χ1v) is 17.5. The van der Waals surface area contributed by atoms with Gasteiger partial charge in [-0.3, -0.25) is 0 Å². The van der Waals surface area contributed by atoms with Gasteiger partial charge in [-0.1, -0.05) is 115 Å². The van der Waals surface area contributed by atoms with Gasteiger partial charge in [0, 0.05) is 38.6 Å². The fraction of sp³-hybridized carbons (Fsp3) is 0.0417. The summed E-state index contributed by atoms with van der Waals surface area (Å²) in [5, 5.41) is 4.67. The minimum Gasteiger partial charge on any atom is -0.310 e. The van der Waals surface area contributed by atoms with Gasteiger partial charge in [0.2, 0.25) is 0 Å². The van der Waals surface area contributed by atoms with E-state index in [0.29, 0.717) is 0 Å². The minimum absolute atomic E-state index is 0.242. The molecule has 0 aliphatic heterocycles. The second-order valence-electron chi connectivity index (χ2n) is 13.6. The molecule has 1 aromatic heterocycles. The van der Waals surface area contributed by atoms with Crippen LogP contribution in [0.1, 0.15) is 23.6 Å². The summed E-state index contributed by atoms with van der Waals surface area (Å²) in [4.78, 5) is 2.38. The quantitative estimate of drug-likeness (QED) is 0.179. The first-order chi connectivity index (χ1) is 25.1. The van der Waals surface area contributed by atoms with Crippen LogP contribution in [0.15, 0.2) is 182 Å². The Bertz CT molecular complexity index is 2720. The molecule has 0 atom stereocenters. The van der Waals surface area contributed by atoms with Gasteiger partial charge in [-0.05, 0) is 107 Å². The number of nitrogens with zero attached hydrogens (tertiary/aromatic N) is 2. The van der Waals surface area contributed by atoms with Gasteiger partial charge in [0.25, 0.3) is 0 Å². The number of para-hydroxylation sites is 1. The number of benzene rings is 8. The lowest BCUT2D eigenvalue weighted by Gasteiger charge is -2.30. The Labute approximate surface area is 296 Å². The van der Waals surface area contributed by atoms with Crippen LogP contribution >= 0.6 is 0 Å². The van der Waals surface area contributed by atoms with Crippen LogP contribution in [0.3, 0.4) is 0 Å². The number of anilines is 3. The summed E-state index contributed by atoms with van der Waals surface area (Å²) in [5.74, 6) is -0.242. The lowest BCUT2D eigenvalue weighted by Crippen LogP contribution is -2.22. The van der Waals surface area contributed by atoms with E-state index in [4.69, 9.17) is 0 Å². The van der Waals surface area contributed by atoms with E-state index in [-0.39, 0.29) is 11.2 Å². The van der Waals surface area contributed by atoms with Gasteiger partial charge in [0.05, 0.1) is 16.7 Å². The van der Waals surface area contributed by atoms with Crippen molar-refractivity contribution in [1.29, 1.82) is 0 Å². The number of aromatic nitrogens is 1. The normalized spacial score (nSPS) is 13.1. The predicted octanol–water partition coefficient (Wildman–Crippen LogP) is 12.9. The van der Waals surface area contributed by atoms with Crippen molar-refractivity contribution in [1.82, 2.24) is 4.57 Å². The maximum absolute atomic E-state index is 14.0. The predicted molar refractivity (Wildman–Crippen MR) is 210 cm³/mol. The Morgan fingerprint density at radius 2 is 1.08 bits per heavy atom. The molecule has 0 bridgehead atoms. The first-order valence-electron chi connectivity index (χ1n) is 17.5. The maximum Gasteiger partial charge on any atom is 0.123 e. The molecule has 1 aliphatic carbocycles. The zero-order valence-electron chi connectivity index (χ0n) is 28.1. The van der Waals surface area contributed by atoms with Crippen molar-refractivity contribution < 1.29 is 4.39 Å². The van der Waals surface area contributed by atoms with Crippen molar-refractivity contribution in [2.75, 3.05) is 4.90 Å². The van der Waals surface area contributed by atoms with E-state index in [0.717, 1.165) is 44.6 Å². The molecule has 0 radical (unpaired) electrons. The van der Waals surface area contributed by atoms with Crippen LogP contribution in [0.5, 0.6) is 0 Å². The highest BCUT2D eigenvalue weighted by Crippen LogP contribution is 2.52. The zero-order valence-corrected chi connectivity index (χ0v) is 28.1. The van der Waals surface area contributed by atoms with Crippen LogP contribution in [-0.2, 0) is 5.41 Å². The molecule has 0 saturated carbocycles. The molecule has 0 amide bonds. The van der Waals surface area contributed by atoms with Gasteiger partial charge in [0.1, 0.15) is 5.82 Å². The van der Waals surface area contributed by atoms with E-state index < -0.39 is 0 Å². The van der Waals surface area contributed by atoms with Crippen molar-refractivity contribution in [3.63, 3.8) is 0 Å². The number of hydrogen-bond acceptors (Lipinski definition) is 1. The third-order valence-corrected chi connectivity index (χ3v) is 10.9. The second-order valence-corrected chi connectivity index (χ2v) is 13.6. The molecular formula is C48H33FN2. The highest BCUT2D eigenvalue weighted by molar-refractivity contribution is 6.11. The Kier molecular flexibility index (Phi) is 6.53. The topological polar surface area (TPSA) is 8.17 Å². The van der Waals surface area contributed by atoms with Crippen LogP contribution < -0.4 is 4.90 Å². The molecule has 1 heterocycles. The second kappa shape index (κ2) is 11.3. The van der Waals surface area contributed by atoms with Gasteiger partial charge >= 0.3 is 0 Å². The lowest BCUT2D eigenvalue weighted by molar-refractivity contribution is 0.627. The standard InChI is InChI=1S/C48H33FN2/c1-48(43-17-7-4-14-39(43)40-15-5-8-18-44(40)48)33-21-25-35(26-22-33)50(45-20-10-12-32-11-2-3-13-38(32)45)37-29-30-47-42(31-37)41-16-6-9-19-46(41)51(47)36-27-23-34(49)24-28-36/h2-31H,1H3. The summed E-state index contributed by atoms with van der Waals surface area (Å²) in [6.45, 7) is 2.36. The third-order valence-electron chi connectivity index (χ3n) is 10.9. The summed E-state index contributed by atoms with van der Waals surface area (Å²) in [6, 6.07) is 63.9. The fourth-order valence-electron chi connectivity index (χ4n) is 8.51. The molecule has 0 spiro atoms. The van der Waals surface area contributed by atoms with Crippen LogP contribution in [0.4, 0.5) is 21.5 Å². The molecule has 1 aliphatic rings. The molecule has 10 rings (SSSR count). The Hall–Kier alpha value is -6.45. The summed E-state index contributed by atoms with van der Waals surface area (Å²) in [6.07, 6.45) is 0. The number of hydrogen-bond donors (Lipinski definition) is 0. The van der Waals surface area contributed by atoms with Crippen molar-refractivity contribution in [2.45, 2.75) is 12.3 Å². The molecule has 242 valence electrons. The number of fused-ring (bicyclic) bond motifs is 7. The Morgan fingerprint density at radius 1 is 0.490 bits per heavy atom. The molecule has 9 aromatic rings. The van der Waals surface area contributed by atoms with E-state index in [2.05, 4.69) is 174 Å². The van der Waals surface area contributed by atoms with E-state index >= 15 is 0 Å². The highest BCUT2D eigenvalue weighted by Gasteiger charge is 2.40. The maximum atomic E-state index is 14.0. The smallest absolute Gasteiger partial charge is 0.123 e. The summed E-state index contributed by atoms with van der Waals surface area (Å²) < 4.78 is 16.2. The van der Waals surface area contributed by atoms with Crippen LogP contribution in [-0.4, -0.2) is 4.57 Å². The monoisotopic (exact) mass is 656 g/mol. The minimum atomic E-state index is -0.267. The molecular weight excluding hydrogens is 624 g/mol. The van der Waals surface area contributed by atoms with Gasteiger partial charge in [-0.25, -0.2) is 4.39 Å². The summed E-state index contributed by atoms with van der Waals surface area (Å²) in [7, 11) is 0. The number of rotatable bonds is 5. The molecule has 0 fully saturated rings. The van der Waals surface area contributed by atoms with E-state index in [1.807, 2.05) is 12.1 Å². The lowest BCUT2D eigenvalue weighted by atomic mass is 9.74. The van der Waals surface area contributed by atoms with Gasteiger partial charge < -0.3 is 9.47 Å². The van der Waals surface area contributed by atoms with Crippen molar-refractivity contribution in [3.05, 3.63) is 204 Å². The van der Waals surface area contributed by atoms with Crippen LogP contribution in [0.2, 0.25) is 0 Å². The molecule has 3 heteroatoms. The van der Waals surface area contributed by atoms with Crippen LogP contribution in [0.25, 0.3) is 49.4 Å². The zero-order chi connectivity index (χ0) is 34.1. The third kappa shape index (κ3) is 4.41. The average Bonchev–Trinajstić information content (AvgIpc) is 3.65. The highest BCUT2D eigenvalue weighted by atomic mass is 19.1. The summed E-state index contributed by atoms with van der Waals surface area (Å²) in [5.41, 5.74) is 12.7. The van der Waals surface area contributed by atoms with Gasteiger partial charge in [0.15, 0.2) is 0 Å². The van der Waals surface area contributed by atoms with E-state index in [9.17, 15) is 4.39 Å². The number of halogens is 1. The van der Waals surface area contributed by atoms with Crippen molar-refractivity contribution >= 4 is 49.6 Å². The van der Waals surface area contributed by atoms with Crippen molar-refractivity contribution in [2.24, 2.45) is 0 Å². The van der Waals surface area contributed by atoms with Crippen molar-refractivity contribution in [3.8, 4) is 16.8 Å². The average molecular weight is 657 g/mol. The first kappa shape index (κ1) is 29.5. The molecule has 51 heavy (non-hydrogen) atoms. The Morgan fingerprint density at radius 3 is 1.82 bits per heavy atom. The van der Waals surface area contributed by atoms with E-state index in [1.54, 1.807) is 0 Å². The largest absolute Gasteiger partial charge is 0.310 e. The Balaban J connectivity index is 1.17. The van der Waals surface area contributed by atoms with Gasteiger partial charge in [-0.2, -0.15) is 0 Å². The SMILES string of the molecule is CC1(c2ccc(N(c3ccc4c(c3)c3ccccc3n4-c3ccc(F)cc3)c3cccc4ccccc34)cc2)c2ccccc2-c2ccccc21. The molecule has 0 unspecified atom stereocenters. The molecule has 0 N–H and O–H groups in total.